The third-order valence-corrected chi connectivity index (χ3v) is 3.39. The highest BCUT2D eigenvalue weighted by Gasteiger charge is 2.15. The summed E-state index contributed by atoms with van der Waals surface area (Å²) in [4.78, 5) is 2.11. The Hall–Kier alpha value is -1.49. The van der Waals surface area contributed by atoms with Crippen LogP contribution >= 0.6 is 0 Å². The van der Waals surface area contributed by atoms with Crippen molar-refractivity contribution in [2.24, 2.45) is 5.73 Å². The molecule has 0 aliphatic rings. The van der Waals surface area contributed by atoms with Crippen molar-refractivity contribution in [3.8, 4) is 0 Å². The highest BCUT2D eigenvalue weighted by atomic mass is 19.2. The van der Waals surface area contributed by atoms with Crippen LogP contribution in [0, 0.1) is 17.5 Å². The summed E-state index contributed by atoms with van der Waals surface area (Å²) in [5, 5.41) is 0. The van der Waals surface area contributed by atoms with Gasteiger partial charge in [-0.1, -0.05) is 13.5 Å². The van der Waals surface area contributed by atoms with E-state index in [1.54, 1.807) is 0 Å². The van der Waals surface area contributed by atoms with Gasteiger partial charge in [0, 0.05) is 37.3 Å². The molecule has 1 aromatic rings. The van der Waals surface area contributed by atoms with E-state index in [0.29, 0.717) is 12.5 Å². The summed E-state index contributed by atoms with van der Waals surface area (Å²) in [5.74, 6) is -3.01. The van der Waals surface area contributed by atoms with Gasteiger partial charge in [-0.25, -0.2) is 13.2 Å². The summed E-state index contributed by atoms with van der Waals surface area (Å²) in [6, 6.07) is 1.04. The molecule has 2 nitrogen and oxygen atoms in total. The van der Waals surface area contributed by atoms with E-state index >= 15 is 0 Å². The van der Waals surface area contributed by atoms with Gasteiger partial charge in [-0.3, -0.25) is 0 Å². The fourth-order valence-electron chi connectivity index (χ4n) is 2.32. The van der Waals surface area contributed by atoms with E-state index in [0.717, 1.165) is 31.3 Å². The van der Waals surface area contributed by atoms with Crippen molar-refractivity contribution in [2.45, 2.75) is 39.2 Å². The van der Waals surface area contributed by atoms with Crippen molar-refractivity contribution in [1.29, 1.82) is 0 Å². The Bertz CT molecular complexity index is 489. The molecule has 0 aromatic heterocycles. The van der Waals surface area contributed by atoms with Crippen LogP contribution in [0.2, 0.25) is 0 Å². The average Bonchev–Trinajstić information content (AvgIpc) is 2.41. The van der Waals surface area contributed by atoms with Gasteiger partial charge in [0.05, 0.1) is 0 Å². The van der Waals surface area contributed by atoms with Crippen LogP contribution in [0.1, 0.15) is 32.3 Å². The first-order valence-electron chi connectivity index (χ1n) is 7.20. The smallest absolute Gasteiger partial charge is 0.161 e. The quantitative estimate of drug-likeness (QED) is 0.743. The SMILES string of the molecule is C=C(CC(N)Cc1cc(F)c(F)cc1F)N(CC)CCC. The molecule has 2 N–H and O–H groups in total. The predicted molar refractivity (Wildman–Crippen MR) is 79.3 cm³/mol. The number of halogens is 3. The van der Waals surface area contributed by atoms with E-state index < -0.39 is 17.5 Å². The summed E-state index contributed by atoms with van der Waals surface area (Å²) < 4.78 is 39.6. The van der Waals surface area contributed by atoms with Gasteiger partial charge in [0.25, 0.3) is 0 Å². The lowest BCUT2D eigenvalue weighted by molar-refractivity contribution is 0.342. The molecule has 0 bridgehead atoms. The van der Waals surface area contributed by atoms with Crippen LogP contribution in [-0.2, 0) is 6.42 Å². The number of hydrogen-bond donors (Lipinski definition) is 1. The molecule has 1 atom stereocenters. The molecule has 0 fully saturated rings. The topological polar surface area (TPSA) is 29.3 Å². The van der Waals surface area contributed by atoms with Crippen LogP contribution < -0.4 is 5.73 Å². The molecule has 0 heterocycles. The molecule has 1 unspecified atom stereocenters. The zero-order valence-corrected chi connectivity index (χ0v) is 12.6. The molecule has 1 aromatic carbocycles. The fourth-order valence-corrected chi connectivity index (χ4v) is 2.32. The Labute approximate surface area is 124 Å². The minimum Gasteiger partial charge on any atom is -0.376 e. The van der Waals surface area contributed by atoms with Crippen molar-refractivity contribution in [3.63, 3.8) is 0 Å². The monoisotopic (exact) mass is 300 g/mol. The zero-order chi connectivity index (χ0) is 16.0. The molecular formula is C16H23F3N2. The molecule has 0 saturated carbocycles. The van der Waals surface area contributed by atoms with Crippen LogP contribution in [-0.4, -0.2) is 24.0 Å². The van der Waals surface area contributed by atoms with Gasteiger partial charge in [-0.05, 0) is 31.4 Å². The maximum absolute atomic E-state index is 13.6. The highest BCUT2D eigenvalue weighted by molar-refractivity contribution is 5.21. The molecule has 0 radical (unpaired) electrons. The van der Waals surface area contributed by atoms with E-state index in [1.807, 2.05) is 6.92 Å². The van der Waals surface area contributed by atoms with Gasteiger partial charge < -0.3 is 10.6 Å². The van der Waals surface area contributed by atoms with Gasteiger partial charge in [-0.15, -0.1) is 0 Å². The lowest BCUT2D eigenvalue weighted by Gasteiger charge is -2.26. The number of benzene rings is 1. The van der Waals surface area contributed by atoms with Crippen molar-refractivity contribution in [3.05, 3.63) is 47.4 Å². The second kappa shape index (κ2) is 8.08. The Morgan fingerprint density at radius 1 is 1.19 bits per heavy atom. The molecule has 21 heavy (non-hydrogen) atoms. The van der Waals surface area contributed by atoms with Gasteiger partial charge in [0.2, 0.25) is 0 Å². The minimum atomic E-state index is -1.19. The molecule has 118 valence electrons. The van der Waals surface area contributed by atoms with Gasteiger partial charge in [-0.2, -0.15) is 0 Å². The average molecular weight is 300 g/mol. The van der Waals surface area contributed by atoms with E-state index in [4.69, 9.17) is 5.73 Å². The Morgan fingerprint density at radius 2 is 1.81 bits per heavy atom. The molecule has 1 rings (SSSR count). The normalized spacial score (nSPS) is 12.3. The molecular weight excluding hydrogens is 277 g/mol. The summed E-state index contributed by atoms with van der Waals surface area (Å²) in [6.45, 7) is 9.83. The first-order chi connectivity index (χ1) is 9.88. The van der Waals surface area contributed by atoms with Crippen molar-refractivity contribution >= 4 is 0 Å². The molecule has 0 aliphatic heterocycles. The predicted octanol–water partition coefficient (Wildman–Crippen LogP) is 3.61. The van der Waals surface area contributed by atoms with Gasteiger partial charge in [0.1, 0.15) is 5.82 Å². The van der Waals surface area contributed by atoms with E-state index in [-0.39, 0.29) is 18.0 Å². The van der Waals surface area contributed by atoms with Crippen LogP contribution in [0.4, 0.5) is 13.2 Å². The summed E-state index contributed by atoms with van der Waals surface area (Å²) >= 11 is 0. The van der Waals surface area contributed by atoms with E-state index in [2.05, 4.69) is 18.4 Å². The molecule has 0 saturated heterocycles. The summed E-state index contributed by atoms with van der Waals surface area (Å²) in [5.41, 5.74) is 6.96. The minimum absolute atomic E-state index is 0.0905. The van der Waals surface area contributed by atoms with Crippen LogP contribution in [0.25, 0.3) is 0 Å². The van der Waals surface area contributed by atoms with E-state index in [9.17, 15) is 13.2 Å². The second-order valence-electron chi connectivity index (χ2n) is 5.17. The number of nitrogens with two attached hydrogens (primary N) is 1. The highest BCUT2D eigenvalue weighted by Crippen LogP contribution is 2.17. The second-order valence-corrected chi connectivity index (χ2v) is 5.17. The Kier molecular flexibility index (Phi) is 6.75. The molecule has 0 aliphatic carbocycles. The summed E-state index contributed by atoms with van der Waals surface area (Å²) in [6.07, 6.45) is 1.64. The van der Waals surface area contributed by atoms with Crippen LogP contribution in [0.15, 0.2) is 24.4 Å². The van der Waals surface area contributed by atoms with Gasteiger partial charge >= 0.3 is 0 Å². The van der Waals surface area contributed by atoms with Crippen LogP contribution in [0.5, 0.6) is 0 Å². The summed E-state index contributed by atoms with van der Waals surface area (Å²) in [7, 11) is 0. The standard InChI is InChI=1S/C16H23F3N2/c1-4-6-21(5-2)11(3)7-13(20)8-12-9-15(18)16(19)10-14(12)17/h9-10,13H,3-8,20H2,1-2H3. The third kappa shape index (κ3) is 5.08. The fraction of sp³-hybridized carbons (Fsp3) is 0.500. The third-order valence-electron chi connectivity index (χ3n) is 3.39. The zero-order valence-electron chi connectivity index (χ0n) is 12.6. The largest absolute Gasteiger partial charge is 0.376 e. The maximum Gasteiger partial charge on any atom is 0.161 e. The molecule has 0 amide bonds. The van der Waals surface area contributed by atoms with Gasteiger partial charge in [0.15, 0.2) is 11.6 Å². The first-order valence-corrected chi connectivity index (χ1v) is 7.20. The van der Waals surface area contributed by atoms with Crippen molar-refractivity contribution in [1.82, 2.24) is 4.90 Å². The number of rotatable bonds is 8. The van der Waals surface area contributed by atoms with Crippen LogP contribution in [0.3, 0.4) is 0 Å². The number of nitrogens with zero attached hydrogens (tertiary/aromatic N) is 1. The van der Waals surface area contributed by atoms with E-state index in [1.165, 1.54) is 0 Å². The number of hydrogen-bond acceptors (Lipinski definition) is 2. The van der Waals surface area contributed by atoms with Crippen molar-refractivity contribution in [2.75, 3.05) is 13.1 Å². The van der Waals surface area contributed by atoms with Crippen molar-refractivity contribution < 1.29 is 13.2 Å². The lowest BCUT2D eigenvalue weighted by Crippen LogP contribution is -2.30. The Balaban J connectivity index is 2.67. The first kappa shape index (κ1) is 17.6. The Morgan fingerprint density at radius 3 is 2.38 bits per heavy atom. The maximum atomic E-state index is 13.6. The lowest BCUT2D eigenvalue weighted by atomic mass is 10.0. The molecule has 5 heteroatoms. The molecule has 0 spiro atoms.